The molecule has 5 nitrogen and oxygen atoms in total. The third-order valence-electron chi connectivity index (χ3n) is 2.70. The summed E-state index contributed by atoms with van der Waals surface area (Å²) in [5.74, 6) is -0.0815. The number of hydrogen-bond donors (Lipinski definition) is 2. The number of pyridine rings is 1. The number of methoxy groups -OCH3 is 1. The summed E-state index contributed by atoms with van der Waals surface area (Å²) in [7, 11) is 1.36. The van der Waals surface area contributed by atoms with Gasteiger partial charge in [0, 0.05) is 12.2 Å². The lowest BCUT2D eigenvalue weighted by molar-refractivity contribution is -0.144. The largest absolute Gasteiger partial charge is 0.506 e. The molecule has 5 heteroatoms. The third kappa shape index (κ3) is 3.70. The van der Waals surface area contributed by atoms with E-state index in [4.69, 9.17) is 4.74 Å². The molecular formula is C13H20N2O3. The minimum atomic E-state index is -0.406. The number of ether oxygens (including phenoxy) is 1. The van der Waals surface area contributed by atoms with Gasteiger partial charge in [-0.3, -0.25) is 15.1 Å². The molecule has 18 heavy (non-hydrogen) atoms. The molecule has 0 saturated heterocycles. The van der Waals surface area contributed by atoms with Crippen molar-refractivity contribution < 1.29 is 14.6 Å². The maximum Gasteiger partial charge on any atom is 0.323 e. The Balaban J connectivity index is 2.73. The molecule has 0 fully saturated rings. The Labute approximate surface area is 107 Å². The molecule has 1 aromatic rings. The summed E-state index contributed by atoms with van der Waals surface area (Å²) >= 11 is 0. The van der Waals surface area contributed by atoms with Crippen LogP contribution in [0.2, 0.25) is 0 Å². The molecule has 1 rings (SSSR count). The maximum atomic E-state index is 11.6. The van der Waals surface area contributed by atoms with Crippen molar-refractivity contribution in [1.29, 1.82) is 0 Å². The van der Waals surface area contributed by atoms with Crippen LogP contribution in [0.15, 0.2) is 12.1 Å². The first kappa shape index (κ1) is 14.4. The van der Waals surface area contributed by atoms with Gasteiger partial charge in [-0.15, -0.1) is 0 Å². The van der Waals surface area contributed by atoms with Crippen molar-refractivity contribution >= 4 is 5.97 Å². The minimum absolute atomic E-state index is 0.101. The highest BCUT2D eigenvalue weighted by Gasteiger charge is 2.22. The number of carbonyl (C=O) groups excluding carboxylic acids is 1. The number of esters is 1. The highest BCUT2D eigenvalue weighted by atomic mass is 16.5. The Bertz CT molecular complexity index is 419. The Hall–Kier alpha value is -1.62. The van der Waals surface area contributed by atoms with E-state index in [-0.39, 0.29) is 17.6 Å². The number of rotatable bonds is 5. The van der Waals surface area contributed by atoms with Crippen LogP contribution >= 0.6 is 0 Å². The SMILES string of the molecule is COC(=O)[C@@H](NCc1nc(C)ccc1O)C(C)C. The molecular weight excluding hydrogens is 232 g/mol. The van der Waals surface area contributed by atoms with Gasteiger partial charge in [-0.2, -0.15) is 0 Å². The van der Waals surface area contributed by atoms with E-state index in [1.165, 1.54) is 7.11 Å². The number of aromatic hydroxyl groups is 1. The zero-order valence-corrected chi connectivity index (χ0v) is 11.2. The summed E-state index contributed by atoms with van der Waals surface area (Å²) in [6.07, 6.45) is 0. The van der Waals surface area contributed by atoms with Crippen molar-refractivity contribution in [2.75, 3.05) is 7.11 Å². The molecule has 0 bridgehead atoms. The van der Waals surface area contributed by atoms with Gasteiger partial charge in [0.15, 0.2) is 0 Å². The van der Waals surface area contributed by atoms with Crippen LogP contribution in [0.5, 0.6) is 5.75 Å². The van der Waals surface area contributed by atoms with Crippen molar-refractivity contribution in [2.24, 2.45) is 5.92 Å². The predicted octanol–water partition coefficient (Wildman–Crippen LogP) is 1.38. The van der Waals surface area contributed by atoms with Crippen molar-refractivity contribution in [3.05, 3.63) is 23.5 Å². The average molecular weight is 252 g/mol. The molecule has 2 N–H and O–H groups in total. The van der Waals surface area contributed by atoms with Gasteiger partial charge in [-0.1, -0.05) is 13.8 Å². The van der Waals surface area contributed by atoms with Crippen LogP contribution in [-0.2, 0) is 16.1 Å². The number of nitrogens with one attached hydrogen (secondary N) is 1. The standard InChI is InChI=1S/C13H20N2O3/c1-8(2)12(13(17)18-4)14-7-10-11(16)6-5-9(3)15-10/h5-6,8,12,14,16H,7H2,1-4H3/t12-/m0/s1. The van der Waals surface area contributed by atoms with Crippen LogP contribution in [-0.4, -0.2) is 29.2 Å². The molecule has 0 aliphatic rings. The average Bonchev–Trinajstić information content (AvgIpc) is 2.32. The first-order valence-electron chi connectivity index (χ1n) is 5.92. The Morgan fingerprint density at radius 1 is 1.50 bits per heavy atom. The first-order valence-corrected chi connectivity index (χ1v) is 5.92. The fraction of sp³-hybridized carbons (Fsp3) is 0.538. The predicted molar refractivity (Wildman–Crippen MR) is 68.1 cm³/mol. The topological polar surface area (TPSA) is 71.5 Å². The van der Waals surface area contributed by atoms with Crippen LogP contribution in [0.4, 0.5) is 0 Å². The molecule has 1 heterocycles. The lowest BCUT2D eigenvalue weighted by Crippen LogP contribution is -2.41. The zero-order valence-electron chi connectivity index (χ0n) is 11.2. The quantitative estimate of drug-likeness (QED) is 0.775. The second kappa shape index (κ2) is 6.35. The second-order valence-electron chi connectivity index (χ2n) is 4.54. The Kier molecular flexibility index (Phi) is 5.09. The number of aryl methyl sites for hydroxylation is 1. The second-order valence-corrected chi connectivity index (χ2v) is 4.54. The molecule has 0 aromatic carbocycles. The van der Waals surface area contributed by atoms with Gasteiger partial charge in [0.2, 0.25) is 0 Å². The van der Waals surface area contributed by atoms with Crippen molar-refractivity contribution in [2.45, 2.75) is 33.4 Å². The van der Waals surface area contributed by atoms with E-state index >= 15 is 0 Å². The van der Waals surface area contributed by atoms with Gasteiger partial charge >= 0.3 is 5.97 Å². The first-order chi connectivity index (χ1) is 8.45. The van der Waals surface area contributed by atoms with Crippen LogP contribution < -0.4 is 5.32 Å². The Morgan fingerprint density at radius 2 is 2.17 bits per heavy atom. The van der Waals surface area contributed by atoms with Crippen molar-refractivity contribution in [1.82, 2.24) is 10.3 Å². The maximum absolute atomic E-state index is 11.6. The molecule has 0 radical (unpaired) electrons. The van der Waals surface area contributed by atoms with E-state index in [1.807, 2.05) is 20.8 Å². The summed E-state index contributed by atoms with van der Waals surface area (Å²) in [6, 6.07) is 2.93. The summed E-state index contributed by atoms with van der Waals surface area (Å²) in [5, 5.41) is 12.7. The summed E-state index contributed by atoms with van der Waals surface area (Å²) in [6.45, 7) is 6.03. The van der Waals surface area contributed by atoms with Crippen molar-refractivity contribution in [3.8, 4) is 5.75 Å². The van der Waals surface area contributed by atoms with Gasteiger partial charge in [0.25, 0.3) is 0 Å². The van der Waals surface area contributed by atoms with Crippen LogP contribution in [0.3, 0.4) is 0 Å². The van der Waals surface area contributed by atoms with Gasteiger partial charge in [0.05, 0.1) is 12.8 Å². The molecule has 100 valence electrons. The smallest absolute Gasteiger partial charge is 0.323 e. The molecule has 0 aliphatic carbocycles. The van der Waals surface area contributed by atoms with Gasteiger partial charge in [-0.05, 0) is 25.0 Å². The molecule has 0 amide bonds. The molecule has 0 spiro atoms. The summed E-state index contributed by atoms with van der Waals surface area (Å²) in [5.41, 5.74) is 1.35. The lowest BCUT2D eigenvalue weighted by atomic mass is 10.0. The monoisotopic (exact) mass is 252 g/mol. The molecule has 0 unspecified atom stereocenters. The van der Waals surface area contributed by atoms with E-state index in [2.05, 4.69) is 10.3 Å². The highest BCUT2D eigenvalue weighted by Crippen LogP contribution is 2.15. The Morgan fingerprint density at radius 3 is 2.72 bits per heavy atom. The van der Waals surface area contributed by atoms with E-state index < -0.39 is 6.04 Å². The van der Waals surface area contributed by atoms with Gasteiger partial charge in [-0.25, -0.2) is 0 Å². The third-order valence-corrected chi connectivity index (χ3v) is 2.70. The van der Waals surface area contributed by atoms with E-state index in [0.29, 0.717) is 12.2 Å². The van der Waals surface area contributed by atoms with Crippen LogP contribution in [0.25, 0.3) is 0 Å². The molecule has 1 atom stereocenters. The number of aromatic nitrogens is 1. The fourth-order valence-corrected chi connectivity index (χ4v) is 1.66. The van der Waals surface area contributed by atoms with E-state index in [0.717, 1.165) is 5.69 Å². The van der Waals surface area contributed by atoms with E-state index in [9.17, 15) is 9.90 Å². The van der Waals surface area contributed by atoms with E-state index in [1.54, 1.807) is 12.1 Å². The fourth-order valence-electron chi connectivity index (χ4n) is 1.66. The summed E-state index contributed by atoms with van der Waals surface area (Å²) < 4.78 is 4.73. The number of carbonyl (C=O) groups is 1. The molecule has 0 saturated carbocycles. The van der Waals surface area contributed by atoms with Crippen molar-refractivity contribution in [3.63, 3.8) is 0 Å². The summed E-state index contributed by atoms with van der Waals surface area (Å²) in [4.78, 5) is 15.8. The number of hydrogen-bond acceptors (Lipinski definition) is 5. The van der Waals surface area contributed by atoms with Crippen LogP contribution in [0.1, 0.15) is 25.2 Å². The minimum Gasteiger partial charge on any atom is -0.506 e. The van der Waals surface area contributed by atoms with Gasteiger partial charge in [0.1, 0.15) is 11.8 Å². The highest BCUT2D eigenvalue weighted by molar-refractivity contribution is 5.75. The van der Waals surface area contributed by atoms with Crippen LogP contribution in [0, 0.1) is 12.8 Å². The van der Waals surface area contributed by atoms with Gasteiger partial charge < -0.3 is 9.84 Å². The lowest BCUT2D eigenvalue weighted by Gasteiger charge is -2.19. The zero-order chi connectivity index (χ0) is 13.7. The molecule has 1 aromatic heterocycles. The normalized spacial score (nSPS) is 12.5. The number of nitrogens with zero attached hydrogens (tertiary/aromatic N) is 1. The molecule has 0 aliphatic heterocycles.